The standard InChI is InChI=1S/C18H24FN5O2/c19-15-7-2-1-6-14(15)9-11-21-17(25)20-10-5-13-24-18(26)23-12-4-3-8-16(23)22-24/h1-2,6-7H,3-5,8-13H2,(H2,20,21,25). The van der Waals surface area contributed by atoms with E-state index in [2.05, 4.69) is 15.7 Å². The number of nitrogens with one attached hydrogen (secondary N) is 2. The Kier molecular flexibility index (Phi) is 6.04. The highest BCUT2D eigenvalue weighted by Crippen LogP contribution is 2.09. The SMILES string of the molecule is O=C(NCCCn1nc2n(c1=O)CCCC2)NCCc1ccccc1F. The Bertz CT molecular complexity index is 814. The molecule has 7 nitrogen and oxygen atoms in total. The van der Waals surface area contributed by atoms with E-state index in [0.717, 1.165) is 31.6 Å². The van der Waals surface area contributed by atoms with Crippen LogP contribution < -0.4 is 16.3 Å². The van der Waals surface area contributed by atoms with E-state index in [1.54, 1.807) is 22.8 Å². The van der Waals surface area contributed by atoms with E-state index in [-0.39, 0.29) is 17.5 Å². The molecule has 1 aliphatic heterocycles. The molecular formula is C18H24FN5O2. The van der Waals surface area contributed by atoms with Crippen LogP contribution in [-0.4, -0.2) is 33.5 Å². The van der Waals surface area contributed by atoms with Gasteiger partial charge in [0.25, 0.3) is 0 Å². The second-order valence-corrected chi connectivity index (χ2v) is 6.41. The molecule has 2 N–H and O–H groups in total. The summed E-state index contributed by atoms with van der Waals surface area (Å²) in [6.07, 6.45) is 4.01. The van der Waals surface area contributed by atoms with Gasteiger partial charge in [0.05, 0.1) is 0 Å². The van der Waals surface area contributed by atoms with Gasteiger partial charge in [0.2, 0.25) is 0 Å². The molecule has 26 heavy (non-hydrogen) atoms. The van der Waals surface area contributed by atoms with Crippen molar-refractivity contribution in [2.75, 3.05) is 13.1 Å². The summed E-state index contributed by atoms with van der Waals surface area (Å²) in [6.45, 7) is 2.03. The summed E-state index contributed by atoms with van der Waals surface area (Å²) in [6, 6.07) is 6.23. The van der Waals surface area contributed by atoms with Crippen molar-refractivity contribution in [2.45, 2.75) is 45.2 Å². The average molecular weight is 361 g/mol. The molecule has 1 aliphatic rings. The predicted molar refractivity (Wildman–Crippen MR) is 95.5 cm³/mol. The number of hydrogen-bond acceptors (Lipinski definition) is 3. The summed E-state index contributed by atoms with van der Waals surface area (Å²) in [5.41, 5.74) is 0.518. The first-order chi connectivity index (χ1) is 12.6. The molecule has 0 saturated heterocycles. The highest BCUT2D eigenvalue weighted by atomic mass is 19.1. The Hall–Kier alpha value is -2.64. The van der Waals surface area contributed by atoms with Gasteiger partial charge in [-0.1, -0.05) is 18.2 Å². The second kappa shape index (κ2) is 8.64. The van der Waals surface area contributed by atoms with E-state index in [0.29, 0.717) is 38.0 Å². The zero-order valence-corrected chi connectivity index (χ0v) is 14.7. The van der Waals surface area contributed by atoms with Crippen LogP contribution in [0.3, 0.4) is 0 Å². The molecule has 3 rings (SSSR count). The molecule has 0 saturated carbocycles. The molecular weight excluding hydrogens is 337 g/mol. The lowest BCUT2D eigenvalue weighted by molar-refractivity contribution is 0.240. The molecule has 0 aliphatic carbocycles. The van der Waals surface area contributed by atoms with Gasteiger partial charge in [-0.3, -0.25) is 4.57 Å². The first-order valence-corrected chi connectivity index (χ1v) is 9.07. The Morgan fingerprint density at radius 1 is 1.19 bits per heavy atom. The molecule has 8 heteroatoms. The Morgan fingerprint density at radius 3 is 2.81 bits per heavy atom. The van der Waals surface area contributed by atoms with E-state index < -0.39 is 0 Å². The van der Waals surface area contributed by atoms with Crippen LogP contribution in [0.15, 0.2) is 29.1 Å². The molecule has 0 spiro atoms. The fourth-order valence-corrected chi connectivity index (χ4v) is 3.10. The topological polar surface area (TPSA) is 81.0 Å². The summed E-state index contributed by atoms with van der Waals surface area (Å²) in [7, 11) is 0. The van der Waals surface area contributed by atoms with E-state index in [4.69, 9.17) is 0 Å². The molecule has 0 radical (unpaired) electrons. The second-order valence-electron chi connectivity index (χ2n) is 6.41. The zero-order valence-electron chi connectivity index (χ0n) is 14.7. The van der Waals surface area contributed by atoms with Crippen LogP contribution in [0.1, 0.15) is 30.7 Å². The van der Waals surface area contributed by atoms with Crippen LogP contribution in [0.5, 0.6) is 0 Å². The number of aryl methyl sites for hydroxylation is 2. The van der Waals surface area contributed by atoms with Crippen LogP contribution in [-0.2, 0) is 25.9 Å². The number of urea groups is 1. The normalized spacial score (nSPS) is 13.3. The number of amides is 2. The molecule has 140 valence electrons. The summed E-state index contributed by atoms with van der Waals surface area (Å²) >= 11 is 0. The van der Waals surface area contributed by atoms with Crippen LogP contribution in [0.4, 0.5) is 9.18 Å². The van der Waals surface area contributed by atoms with Gasteiger partial charge < -0.3 is 10.6 Å². The first-order valence-electron chi connectivity index (χ1n) is 9.07. The number of aromatic nitrogens is 3. The number of fused-ring (bicyclic) bond motifs is 1. The summed E-state index contributed by atoms with van der Waals surface area (Å²) in [5, 5.41) is 9.81. The number of carbonyl (C=O) groups is 1. The number of carbonyl (C=O) groups excluding carboxylic acids is 1. The zero-order chi connectivity index (χ0) is 18.4. The van der Waals surface area contributed by atoms with Crippen LogP contribution in [0, 0.1) is 5.82 Å². The average Bonchev–Trinajstić information content (AvgIpc) is 2.97. The van der Waals surface area contributed by atoms with Gasteiger partial charge in [-0.05, 0) is 37.3 Å². The third-order valence-corrected chi connectivity index (χ3v) is 4.50. The molecule has 2 amide bonds. The lowest BCUT2D eigenvalue weighted by Gasteiger charge is -2.09. The van der Waals surface area contributed by atoms with Crippen molar-refractivity contribution in [2.24, 2.45) is 0 Å². The fourth-order valence-electron chi connectivity index (χ4n) is 3.10. The highest BCUT2D eigenvalue weighted by molar-refractivity contribution is 5.73. The number of rotatable bonds is 7. The van der Waals surface area contributed by atoms with Crippen LogP contribution in [0.25, 0.3) is 0 Å². The van der Waals surface area contributed by atoms with E-state index >= 15 is 0 Å². The van der Waals surface area contributed by atoms with Gasteiger partial charge in [0, 0.05) is 32.6 Å². The van der Waals surface area contributed by atoms with Crippen molar-refractivity contribution in [1.29, 1.82) is 0 Å². The maximum Gasteiger partial charge on any atom is 0.345 e. The van der Waals surface area contributed by atoms with Crippen LogP contribution in [0.2, 0.25) is 0 Å². The Labute approximate surface area is 151 Å². The molecule has 0 atom stereocenters. The maximum atomic E-state index is 13.5. The lowest BCUT2D eigenvalue weighted by atomic mass is 10.1. The molecule has 2 aromatic rings. The van der Waals surface area contributed by atoms with Crippen molar-refractivity contribution >= 4 is 6.03 Å². The number of hydrogen-bond donors (Lipinski definition) is 2. The number of benzene rings is 1. The van der Waals surface area contributed by atoms with Gasteiger partial charge in [0.15, 0.2) is 0 Å². The summed E-state index contributed by atoms with van der Waals surface area (Å²) in [5.74, 6) is 0.600. The minimum Gasteiger partial charge on any atom is -0.338 e. The largest absolute Gasteiger partial charge is 0.345 e. The van der Waals surface area contributed by atoms with Crippen molar-refractivity contribution in [3.05, 3.63) is 52.0 Å². The number of nitrogens with zero attached hydrogens (tertiary/aromatic N) is 3. The lowest BCUT2D eigenvalue weighted by Crippen LogP contribution is -2.37. The van der Waals surface area contributed by atoms with E-state index in [9.17, 15) is 14.0 Å². The summed E-state index contributed by atoms with van der Waals surface area (Å²) in [4.78, 5) is 23.9. The molecule has 1 aromatic heterocycles. The quantitative estimate of drug-likeness (QED) is 0.733. The maximum absolute atomic E-state index is 13.5. The summed E-state index contributed by atoms with van der Waals surface area (Å²) < 4.78 is 16.7. The molecule has 0 bridgehead atoms. The smallest absolute Gasteiger partial charge is 0.338 e. The minimum atomic E-state index is -0.294. The predicted octanol–water partition coefficient (Wildman–Crippen LogP) is 1.45. The van der Waals surface area contributed by atoms with Crippen molar-refractivity contribution in [1.82, 2.24) is 25.0 Å². The van der Waals surface area contributed by atoms with Gasteiger partial charge in [-0.15, -0.1) is 0 Å². The van der Waals surface area contributed by atoms with Crippen LogP contribution >= 0.6 is 0 Å². The Morgan fingerprint density at radius 2 is 2.00 bits per heavy atom. The molecule has 1 aromatic carbocycles. The fraction of sp³-hybridized carbons (Fsp3) is 0.500. The Balaban J connectivity index is 1.35. The first kappa shape index (κ1) is 18.2. The molecule has 0 fully saturated rings. The molecule has 2 heterocycles. The third kappa shape index (κ3) is 4.50. The number of halogens is 1. The monoisotopic (exact) mass is 361 g/mol. The van der Waals surface area contributed by atoms with Crippen molar-refractivity contribution in [3.63, 3.8) is 0 Å². The third-order valence-electron chi connectivity index (χ3n) is 4.50. The highest BCUT2D eigenvalue weighted by Gasteiger charge is 2.16. The van der Waals surface area contributed by atoms with Crippen molar-refractivity contribution < 1.29 is 9.18 Å². The van der Waals surface area contributed by atoms with Gasteiger partial charge in [0.1, 0.15) is 11.6 Å². The van der Waals surface area contributed by atoms with Gasteiger partial charge in [-0.2, -0.15) is 5.10 Å². The van der Waals surface area contributed by atoms with Gasteiger partial charge in [-0.25, -0.2) is 18.7 Å². The molecule has 0 unspecified atom stereocenters. The van der Waals surface area contributed by atoms with Gasteiger partial charge >= 0.3 is 11.7 Å². The van der Waals surface area contributed by atoms with E-state index in [1.165, 1.54) is 10.7 Å². The minimum absolute atomic E-state index is 0.0611. The van der Waals surface area contributed by atoms with E-state index in [1.807, 2.05) is 0 Å². The van der Waals surface area contributed by atoms with Crippen molar-refractivity contribution in [3.8, 4) is 0 Å².